The number of hydrogen-bond acceptors (Lipinski definition) is 3. The average molecular weight is 493 g/mol. The van der Waals surface area contributed by atoms with Gasteiger partial charge in [0.1, 0.15) is 5.30 Å². The lowest BCUT2D eigenvalue weighted by molar-refractivity contribution is 0.591. The Balaban J connectivity index is 1.98. The summed E-state index contributed by atoms with van der Waals surface area (Å²) < 4.78 is 17.9. The highest BCUT2D eigenvalue weighted by Gasteiger charge is 2.37. The molecule has 0 aliphatic rings. The molecule has 0 radical (unpaired) electrons. The zero-order valence-electron chi connectivity index (χ0n) is 20.0. The van der Waals surface area contributed by atoms with Gasteiger partial charge < -0.3 is 4.57 Å². The monoisotopic (exact) mass is 492 g/mol. The Kier molecular flexibility index (Phi) is 6.17. The molecule has 4 aromatic carbocycles. The molecular formula is C30H25N2O3P. The van der Waals surface area contributed by atoms with Gasteiger partial charge in [-0.3, -0.25) is 9.36 Å². The summed E-state index contributed by atoms with van der Waals surface area (Å²) in [7, 11) is -3.67. The molecule has 0 saturated heterocycles. The number of aromatic nitrogens is 2. The van der Waals surface area contributed by atoms with Crippen molar-refractivity contribution in [2.45, 2.75) is 13.8 Å². The molecule has 0 aliphatic heterocycles. The summed E-state index contributed by atoms with van der Waals surface area (Å²) in [6.07, 6.45) is 0. The maximum Gasteiger partial charge on any atom is 0.340 e. The molecule has 0 unspecified atom stereocenters. The third-order valence-electron chi connectivity index (χ3n) is 6.33. The lowest BCUT2D eigenvalue weighted by Crippen LogP contribution is -2.50. The summed E-state index contributed by atoms with van der Waals surface area (Å²) in [6, 6.07) is 34.3. The van der Waals surface area contributed by atoms with E-state index in [1.165, 1.54) is 4.57 Å². The van der Waals surface area contributed by atoms with Crippen molar-refractivity contribution in [2.75, 3.05) is 0 Å². The minimum atomic E-state index is -3.67. The first-order chi connectivity index (χ1) is 17.4. The van der Waals surface area contributed by atoms with Gasteiger partial charge in [0.15, 0.2) is 7.14 Å². The van der Waals surface area contributed by atoms with Crippen LogP contribution in [0.4, 0.5) is 0 Å². The lowest BCUT2D eigenvalue weighted by atomic mass is 10.2. The summed E-state index contributed by atoms with van der Waals surface area (Å²) in [5, 5.41) is 1.18. The van der Waals surface area contributed by atoms with Crippen molar-refractivity contribution in [3.05, 3.63) is 147 Å². The van der Waals surface area contributed by atoms with Crippen LogP contribution < -0.4 is 27.2 Å². The Morgan fingerprint density at radius 3 is 1.50 bits per heavy atom. The maximum absolute atomic E-state index is 15.3. The first kappa shape index (κ1) is 23.5. The number of rotatable bonds is 5. The van der Waals surface area contributed by atoms with Crippen LogP contribution in [0.1, 0.15) is 11.3 Å². The molecule has 6 heteroatoms. The topological polar surface area (TPSA) is 61.1 Å². The van der Waals surface area contributed by atoms with Crippen molar-refractivity contribution < 1.29 is 4.57 Å². The molecule has 36 heavy (non-hydrogen) atoms. The molecule has 0 saturated carbocycles. The number of nitrogens with zero attached hydrogens (tertiary/aromatic N) is 2. The van der Waals surface area contributed by atoms with E-state index in [0.29, 0.717) is 27.7 Å². The van der Waals surface area contributed by atoms with Gasteiger partial charge in [-0.2, -0.15) is 0 Å². The molecule has 5 aromatic rings. The summed E-state index contributed by atoms with van der Waals surface area (Å²) in [5.74, 6) is 0. The zero-order chi connectivity index (χ0) is 25.3. The molecule has 0 aliphatic carbocycles. The van der Waals surface area contributed by atoms with Crippen LogP contribution in [-0.4, -0.2) is 9.13 Å². The van der Waals surface area contributed by atoms with Gasteiger partial charge in [-0.1, -0.05) is 96.6 Å². The Hall–Kier alpha value is -4.21. The summed E-state index contributed by atoms with van der Waals surface area (Å²) in [6.45, 7) is 3.67. The third kappa shape index (κ3) is 3.88. The number of aryl methyl sites for hydroxylation is 1. The van der Waals surface area contributed by atoms with Crippen LogP contribution in [-0.2, 0) is 4.57 Å². The molecule has 0 spiro atoms. The first-order valence-electron chi connectivity index (χ1n) is 11.7. The van der Waals surface area contributed by atoms with Crippen LogP contribution in [0, 0.1) is 13.8 Å². The van der Waals surface area contributed by atoms with Gasteiger partial charge in [0.2, 0.25) is 0 Å². The van der Waals surface area contributed by atoms with E-state index in [1.807, 2.05) is 73.7 Å². The molecule has 0 amide bonds. The van der Waals surface area contributed by atoms with E-state index in [9.17, 15) is 9.59 Å². The maximum atomic E-state index is 15.3. The predicted octanol–water partition coefficient (Wildman–Crippen LogP) is 4.24. The number of para-hydroxylation sites is 1. The zero-order valence-corrected chi connectivity index (χ0v) is 20.9. The Morgan fingerprint density at radius 1 is 0.556 bits per heavy atom. The Bertz CT molecular complexity index is 1650. The summed E-state index contributed by atoms with van der Waals surface area (Å²) in [5.41, 5.74) is 1.33. The molecule has 1 heterocycles. The van der Waals surface area contributed by atoms with Crippen LogP contribution in [0.2, 0.25) is 0 Å². The van der Waals surface area contributed by atoms with E-state index in [4.69, 9.17) is 0 Å². The van der Waals surface area contributed by atoms with Crippen LogP contribution >= 0.6 is 7.14 Å². The molecule has 5 nitrogen and oxygen atoms in total. The van der Waals surface area contributed by atoms with Crippen LogP contribution in [0.25, 0.3) is 11.4 Å². The molecule has 0 fully saturated rings. The van der Waals surface area contributed by atoms with E-state index < -0.39 is 18.4 Å². The second-order valence-electron chi connectivity index (χ2n) is 8.64. The normalized spacial score (nSPS) is 11.4. The lowest BCUT2D eigenvalue weighted by Gasteiger charge is -2.24. The molecule has 0 N–H and O–H groups in total. The fourth-order valence-electron chi connectivity index (χ4n) is 4.55. The Morgan fingerprint density at radius 2 is 1.00 bits per heavy atom. The summed E-state index contributed by atoms with van der Waals surface area (Å²) >= 11 is 0. The van der Waals surface area contributed by atoms with Crippen LogP contribution in [0.15, 0.2) is 125 Å². The average Bonchev–Trinajstić information content (AvgIpc) is 2.91. The van der Waals surface area contributed by atoms with Gasteiger partial charge in [-0.25, -0.2) is 9.36 Å². The van der Waals surface area contributed by atoms with Crippen molar-refractivity contribution >= 4 is 23.1 Å². The van der Waals surface area contributed by atoms with Gasteiger partial charge in [0, 0.05) is 16.3 Å². The van der Waals surface area contributed by atoms with Gasteiger partial charge in [-0.15, -0.1) is 0 Å². The van der Waals surface area contributed by atoms with Crippen molar-refractivity contribution in [2.24, 2.45) is 0 Å². The molecular weight excluding hydrogens is 467 g/mol. The third-order valence-corrected chi connectivity index (χ3v) is 9.52. The summed E-state index contributed by atoms with van der Waals surface area (Å²) in [4.78, 5) is 28.1. The molecule has 5 rings (SSSR count). The van der Waals surface area contributed by atoms with E-state index in [-0.39, 0.29) is 5.30 Å². The molecule has 1 aromatic heterocycles. The van der Waals surface area contributed by atoms with E-state index in [1.54, 1.807) is 55.5 Å². The predicted molar refractivity (Wildman–Crippen MR) is 147 cm³/mol. The van der Waals surface area contributed by atoms with E-state index >= 15 is 4.57 Å². The molecule has 0 bridgehead atoms. The van der Waals surface area contributed by atoms with Gasteiger partial charge in [0.25, 0.3) is 5.56 Å². The second-order valence-corrected chi connectivity index (χ2v) is 11.3. The number of hydrogen-bond donors (Lipinski definition) is 0. The minimum absolute atomic E-state index is 0.115. The fourth-order valence-corrected chi connectivity index (χ4v) is 7.47. The molecule has 0 atom stereocenters. The quantitative estimate of drug-likeness (QED) is 0.345. The highest BCUT2D eigenvalue weighted by Crippen LogP contribution is 2.42. The van der Waals surface area contributed by atoms with Crippen molar-refractivity contribution in [1.29, 1.82) is 0 Å². The Labute approximate surface area is 209 Å². The highest BCUT2D eigenvalue weighted by atomic mass is 31.2. The van der Waals surface area contributed by atoms with Crippen LogP contribution in [0.5, 0.6) is 0 Å². The van der Waals surface area contributed by atoms with Gasteiger partial charge in [-0.05, 0) is 38.1 Å². The first-order valence-corrected chi connectivity index (χ1v) is 13.4. The highest BCUT2D eigenvalue weighted by molar-refractivity contribution is 7.85. The van der Waals surface area contributed by atoms with Gasteiger partial charge >= 0.3 is 5.69 Å². The number of benzene rings is 4. The van der Waals surface area contributed by atoms with Crippen LogP contribution in [0.3, 0.4) is 0 Å². The second kappa shape index (κ2) is 9.44. The minimum Gasteiger partial charge on any atom is -0.308 e. The van der Waals surface area contributed by atoms with Crippen molar-refractivity contribution in [3.8, 4) is 11.4 Å². The van der Waals surface area contributed by atoms with Crippen molar-refractivity contribution in [1.82, 2.24) is 9.13 Å². The van der Waals surface area contributed by atoms with Crippen molar-refractivity contribution in [3.63, 3.8) is 0 Å². The van der Waals surface area contributed by atoms with E-state index in [0.717, 1.165) is 10.1 Å². The standard InChI is InChI=1S/C30H25N2O3P/c1-22-18-20-25(21-19-22)31-23(2)28(29(33)32(30(31)34)24-12-6-3-7-13-24)36(35,26-14-8-4-9-15-26)27-16-10-5-11-17-27/h3-21H,1-2H3. The largest absolute Gasteiger partial charge is 0.340 e. The fraction of sp³-hybridized carbons (Fsp3) is 0.0667. The molecule has 178 valence electrons. The van der Waals surface area contributed by atoms with Gasteiger partial charge in [0.05, 0.1) is 11.4 Å². The van der Waals surface area contributed by atoms with E-state index in [2.05, 4.69) is 0 Å². The smallest absolute Gasteiger partial charge is 0.308 e. The SMILES string of the molecule is Cc1ccc(-n2c(C)c(P(=O)(c3ccccc3)c3ccccc3)c(=O)n(-c3ccccc3)c2=O)cc1.